The zero-order chi connectivity index (χ0) is 18.8. The Morgan fingerprint density at radius 2 is 1.93 bits per heavy atom. The van der Waals surface area contributed by atoms with Gasteiger partial charge in [0.2, 0.25) is 5.95 Å². The second kappa shape index (κ2) is 7.66. The number of aromatic nitrogens is 3. The Balaban J connectivity index is 1.43. The molecule has 0 bridgehead atoms. The number of anilines is 1. The maximum atomic E-state index is 12.7. The van der Waals surface area contributed by atoms with Gasteiger partial charge in [0.1, 0.15) is 0 Å². The summed E-state index contributed by atoms with van der Waals surface area (Å²) in [4.78, 5) is 23.5. The van der Waals surface area contributed by atoms with Gasteiger partial charge in [0, 0.05) is 43.3 Å². The number of amides is 1. The number of likely N-dealkylation sites (tertiary alicyclic amines) is 1. The summed E-state index contributed by atoms with van der Waals surface area (Å²) < 4.78 is 5.36. The predicted octanol–water partition coefficient (Wildman–Crippen LogP) is 1.08. The number of nitrogens with one attached hydrogen (secondary N) is 1. The summed E-state index contributed by atoms with van der Waals surface area (Å²) in [5.74, 6) is 1.50. The fourth-order valence-corrected chi connectivity index (χ4v) is 3.59. The van der Waals surface area contributed by atoms with Crippen molar-refractivity contribution in [3.8, 4) is 11.4 Å². The molecule has 0 radical (unpaired) electrons. The van der Waals surface area contributed by atoms with Crippen LogP contribution in [-0.4, -0.2) is 90.4 Å². The molecule has 2 aromatic rings. The van der Waals surface area contributed by atoms with Crippen LogP contribution in [0.1, 0.15) is 16.8 Å². The molecule has 2 saturated heterocycles. The standard InChI is InChI=1S/C19H26N6O2/c1-23(2)16-7-8-25(13-16)18(26)15-5-3-14(4-6-15)17-20-19(22-21-17)24-9-11-27-12-10-24/h3-6,16H,7-13H2,1-2H3,(H,20,21,22). The van der Waals surface area contributed by atoms with Crippen molar-refractivity contribution < 1.29 is 9.53 Å². The molecule has 1 unspecified atom stereocenters. The van der Waals surface area contributed by atoms with Gasteiger partial charge in [-0.25, -0.2) is 0 Å². The lowest BCUT2D eigenvalue weighted by Crippen LogP contribution is -2.36. The Hall–Kier alpha value is -2.45. The number of aromatic amines is 1. The Labute approximate surface area is 159 Å². The van der Waals surface area contributed by atoms with Crippen LogP contribution in [-0.2, 0) is 4.74 Å². The van der Waals surface area contributed by atoms with Crippen LogP contribution in [0.2, 0.25) is 0 Å². The lowest BCUT2D eigenvalue weighted by Gasteiger charge is -2.25. The number of rotatable bonds is 4. The minimum absolute atomic E-state index is 0.0949. The van der Waals surface area contributed by atoms with Gasteiger partial charge in [0.05, 0.1) is 13.2 Å². The number of nitrogens with zero attached hydrogens (tertiary/aromatic N) is 5. The van der Waals surface area contributed by atoms with Crippen LogP contribution in [0.25, 0.3) is 11.4 Å². The van der Waals surface area contributed by atoms with E-state index >= 15 is 0 Å². The number of benzene rings is 1. The molecule has 0 aliphatic carbocycles. The minimum atomic E-state index is 0.0949. The van der Waals surface area contributed by atoms with Gasteiger partial charge in [-0.3, -0.25) is 9.89 Å². The number of ether oxygens (including phenoxy) is 1. The molecule has 27 heavy (non-hydrogen) atoms. The average Bonchev–Trinajstić information content (AvgIpc) is 3.38. The summed E-state index contributed by atoms with van der Waals surface area (Å²) in [6.45, 7) is 4.60. The molecule has 2 aliphatic heterocycles. The SMILES string of the molecule is CN(C)C1CCN(C(=O)c2ccc(-c3nc(N4CCOCC4)n[nH]3)cc2)C1. The van der Waals surface area contributed by atoms with Crippen molar-refractivity contribution in [2.24, 2.45) is 0 Å². The number of morpholine rings is 1. The van der Waals surface area contributed by atoms with Crippen LogP contribution in [0.15, 0.2) is 24.3 Å². The maximum Gasteiger partial charge on any atom is 0.253 e. The van der Waals surface area contributed by atoms with E-state index in [-0.39, 0.29) is 5.91 Å². The molecule has 0 saturated carbocycles. The second-order valence-corrected chi connectivity index (χ2v) is 7.32. The number of H-pyrrole nitrogens is 1. The third-order valence-corrected chi connectivity index (χ3v) is 5.35. The third-order valence-electron chi connectivity index (χ3n) is 5.35. The van der Waals surface area contributed by atoms with Crippen molar-refractivity contribution >= 4 is 11.9 Å². The molecule has 144 valence electrons. The molecule has 3 heterocycles. The quantitative estimate of drug-likeness (QED) is 0.868. The van der Waals surface area contributed by atoms with Crippen LogP contribution in [0.3, 0.4) is 0 Å². The van der Waals surface area contributed by atoms with Crippen molar-refractivity contribution in [2.45, 2.75) is 12.5 Å². The zero-order valence-corrected chi connectivity index (χ0v) is 15.9. The van der Waals surface area contributed by atoms with Crippen molar-refractivity contribution in [1.29, 1.82) is 0 Å². The van der Waals surface area contributed by atoms with Crippen LogP contribution in [0, 0.1) is 0 Å². The average molecular weight is 370 g/mol. The lowest BCUT2D eigenvalue weighted by molar-refractivity contribution is 0.0783. The summed E-state index contributed by atoms with van der Waals surface area (Å²) >= 11 is 0. The summed E-state index contributed by atoms with van der Waals surface area (Å²) in [6, 6.07) is 8.04. The minimum Gasteiger partial charge on any atom is -0.378 e. The highest BCUT2D eigenvalue weighted by Crippen LogP contribution is 2.21. The van der Waals surface area contributed by atoms with E-state index in [2.05, 4.69) is 39.1 Å². The Kier molecular flexibility index (Phi) is 5.09. The molecular weight excluding hydrogens is 344 g/mol. The number of likely N-dealkylation sites (N-methyl/N-ethyl adjacent to an activating group) is 1. The number of carbonyl (C=O) groups is 1. The first-order valence-electron chi connectivity index (χ1n) is 9.43. The highest BCUT2D eigenvalue weighted by molar-refractivity contribution is 5.94. The van der Waals surface area contributed by atoms with E-state index in [0.29, 0.717) is 36.6 Å². The molecule has 4 rings (SSSR count). The molecule has 1 N–H and O–H groups in total. The van der Waals surface area contributed by atoms with Gasteiger partial charge in [0.15, 0.2) is 5.82 Å². The summed E-state index contributed by atoms with van der Waals surface area (Å²) in [6.07, 6.45) is 1.03. The summed E-state index contributed by atoms with van der Waals surface area (Å²) in [5.41, 5.74) is 1.64. The number of carbonyl (C=O) groups excluding carboxylic acids is 1. The van der Waals surface area contributed by atoms with Gasteiger partial charge in [-0.15, -0.1) is 5.10 Å². The molecular formula is C19H26N6O2. The Bertz CT molecular complexity index is 782. The molecule has 1 atom stereocenters. The van der Waals surface area contributed by atoms with Crippen LogP contribution >= 0.6 is 0 Å². The van der Waals surface area contributed by atoms with E-state index in [1.807, 2.05) is 29.2 Å². The first kappa shape index (κ1) is 17.9. The van der Waals surface area contributed by atoms with Gasteiger partial charge in [-0.05, 0) is 32.6 Å². The largest absolute Gasteiger partial charge is 0.378 e. The van der Waals surface area contributed by atoms with E-state index in [0.717, 1.165) is 38.2 Å². The van der Waals surface area contributed by atoms with Gasteiger partial charge < -0.3 is 19.4 Å². The summed E-state index contributed by atoms with van der Waals surface area (Å²) in [5, 5.41) is 7.31. The van der Waals surface area contributed by atoms with E-state index in [1.165, 1.54) is 0 Å². The second-order valence-electron chi connectivity index (χ2n) is 7.32. The van der Waals surface area contributed by atoms with Crippen LogP contribution < -0.4 is 4.90 Å². The van der Waals surface area contributed by atoms with Crippen molar-refractivity contribution in [2.75, 3.05) is 58.4 Å². The van der Waals surface area contributed by atoms with E-state index in [9.17, 15) is 4.79 Å². The smallest absolute Gasteiger partial charge is 0.253 e. The predicted molar refractivity (Wildman–Crippen MR) is 103 cm³/mol. The first-order chi connectivity index (χ1) is 13.1. The molecule has 1 aromatic heterocycles. The van der Waals surface area contributed by atoms with Gasteiger partial charge in [-0.1, -0.05) is 12.1 Å². The fraction of sp³-hybridized carbons (Fsp3) is 0.526. The highest BCUT2D eigenvalue weighted by atomic mass is 16.5. The lowest BCUT2D eigenvalue weighted by atomic mass is 10.1. The fourth-order valence-electron chi connectivity index (χ4n) is 3.59. The molecule has 1 aromatic carbocycles. The monoisotopic (exact) mass is 370 g/mol. The Morgan fingerprint density at radius 1 is 1.19 bits per heavy atom. The molecule has 8 nitrogen and oxygen atoms in total. The van der Waals surface area contributed by atoms with Crippen LogP contribution in [0.4, 0.5) is 5.95 Å². The van der Waals surface area contributed by atoms with Crippen molar-refractivity contribution in [1.82, 2.24) is 25.0 Å². The zero-order valence-electron chi connectivity index (χ0n) is 15.9. The van der Waals surface area contributed by atoms with Crippen LogP contribution in [0.5, 0.6) is 0 Å². The maximum absolute atomic E-state index is 12.7. The number of hydrogen-bond acceptors (Lipinski definition) is 6. The van der Waals surface area contributed by atoms with Gasteiger partial charge in [0.25, 0.3) is 5.91 Å². The van der Waals surface area contributed by atoms with E-state index in [1.54, 1.807) is 0 Å². The highest BCUT2D eigenvalue weighted by Gasteiger charge is 2.28. The van der Waals surface area contributed by atoms with Crippen molar-refractivity contribution in [3.63, 3.8) is 0 Å². The number of hydrogen-bond donors (Lipinski definition) is 1. The van der Waals surface area contributed by atoms with Gasteiger partial charge >= 0.3 is 0 Å². The molecule has 8 heteroatoms. The Morgan fingerprint density at radius 3 is 2.59 bits per heavy atom. The molecule has 2 fully saturated rings. The van der Waals surface area contributed by atoms with Crippen molar-refractivity contribution in [3.05, 3.63) is 29.8 Å². The van der Waals surface area contributed by atoms with E-state index in [4.69, 9.17) is 4.74 Å². The summed E-state index contributed by atoms with van der Waals surface area (Å²) in [7, 11) is 4.13. The molecule has 0 spiro atoms. The topological polar surface area (TPSA) is 77.6 Å². The molecule has 2 aliphatic rings. The normalized spacial score (nSPS) is 20.5. The van der Waals surface area contributed by atoms with E-state index < -0.39 is 0 Å². The molecule has 1 amide bonds. The first-order valence-corrected chi connectivity index (χ1v) is 9.43. The third kappa shape index (κ3) is 3.81. The van der Waals surface area contributed by atoms with Gasteiger partial charge in [-0.2, -0.15) is 4.98 Å².